The molecule has 0 radical (unpaired) electrons. The number of carboxylic acid groups (broad SMARTS) is 1. The van der Waals surface area contributed by atoms with Crippen LogP contribution >= 0.6 is 11.8 Å². The molecule has 0 aliphatic carbocycles. The van der Waals surface area contributed by atoms with Crippen LogP contribution in [0.5, 0.6) is 0 Å². The van der Waals surface area contributed by atoms with Crippen molar-refractivity contribution in [3.05, 3.63) is 0 Å². The third-order valence-corrected chi connectivity index (χ3v) is 3.64. The molecular formula is C9H15NO4S. The fraction of sp³-hybridized carbons (Fsp3) is 0.778. The Bertz CT molecular complexity index is 250. The van der Waals surface area contributed by atoms with Gasteiger partial charge in [-0.2, -0.15) is 0 Å². The van der Waals surface area contributed by atoms with E-state index >= 15 is 0 Å². The van der Waals surface area contributed by atoms with E-state index < -0.39 is 18.1 Å². The summed E-state index contributed by atoms with van der Waals surface area (Å²) in [4.78, 5) is 22.3. The van der Waals surface area contributed by atoms with Crippen LogP contribution in [0.25, 0.3) is 0 Å². The first-order chi connectivity index (χ1) is 7.02. The number of hydrogen-bond acceptors (Lipinski definition) is 4. The number of carboxylic acids is 1. The van der Waals surface area contributed by atoms with Gasteiger partial charge >= 0.3 is 5.97 Å². The maximum absolute atomic E-state index is 11.6. The molecule has 3 atom stereocenters. The molecule has 86 valence electrons. The Labute approximate surface area is 92.2 Å². The SMILES string of the molecule is CC(O)C(NC(=O)C1CCCS1)C(=O)O. The maximum Gasteiger partial charge on any atom is 0.328 e. The van der Waals surface area contributed by atoms with Gasteiger partial charge in [0, 0.05) is 0 Å². The van der Waals surface area contributed by atoms with Crippen LogP contribution in [0.15, 0.2) is 0 Å². The van der Waals surface area contributed by atoms with Crippen LogP contribution in [0.1, 0.15) is 19.8 Å². The molecule has 1 aliphatic rings. The van der Waals surface area contributed by atoms with Gasteiger partial charge in [-0.05, 0) is 25.5 Å². The summed E-state index contributed by atoms with van der Waals surface area (Å²) in [5.41, 5.74) is 0. The summed E-state index contributed by atoms with van der Waals surface area (Å²) in [6.45, 7) is 1.35. The molecule has 15 heavy (non-hydrogen) atoms. The zero-order valence-electron chi connectivity index (χ0n) is 8.47. The number of nitrogens with one attached hydrogen (secondary N) is 1. The summed E-state index contributed by atoms with van der Waals surface area (Å²) >= 11 is 1.53. The van der Waals surface area contributed by atoms with Crippen molar-refractivity contribution in [3.63, 3.8) is 0 Å². The average Bonchev–Trinajstić information content (AvgIpc) is 2.65. The van der Waals surface area contributed by atoms with Crippen LogP contribution in [-0.2, 0) is 9.59 Å². The molecule has 1 aliphatic heterocycles. The molecule has 0 spiro atoms. The summed E-state index contributed by atoms with van der Waals surface area (Å²) in [6.07, 6.45) is 0.676. The molecule has 3 unspecified atom stereocenters. The van der Waals surface area contributed by atoms with Crippen molar-refractivity contribution in [2.45, 2.75) is 37.2 Å². The topological polar surface area (TPSA) is 86.6 Å². The fourth-order valence-corrected chi connectivity index (χ4v) is 2.59. The molecule has 1 heterocycles. The third kappa shape index (κ3) is 3.39. The number of aliphatic carboxylic acids is 1. The monoisotopic (exact) mass is 233 g/mol. The average molecular weight is 233 g/mol. The molecule has 6 heteroatoms. The Morgan fingerprint density at radius 2 is 2.20 bits per heavy atom. The number of aliphatic hydroxyl groups excluding tert-OH is 1. The standard InChI is InChI=1S/C9H15NO4S/c1-5(11)7(9(13)14)10-8(12)6-3-2-4-15-6/h5-7,11H,2-4H2,1H3,(H,10,12)(H,13,14). The van der Waals surface area contributed by atoms with Crippen molar-refractivity contribution in [1.29, 1.82) is 0 Å². The van der Waals surface area contributed by atoms with Crippen molar-refractivity contribution < 1.29 is 19.8 Å². The second-order valence-corrected chi connectivity index (χ2v) is 4.88. The van der Waals surface area contributed by atoms with Gasteiger partial charge in [0.2, 0.25) is 5.91 Å². The molecule has 0 aromatic carbocycles. The van der Waals surface area contributed by atoms with Crippen LogP contribution < -0.4 is 5.32 Å². The molecular weight excluding hydrogens is 218 g/mol. The van der Waals surface area contributed by atoms with Gasteiger partial charge in [0.15, 0.2) is 6.04 Å². The first-order valence-corrected chi connectivity index (χ1v) is 5.90. The second kappa shape index (κ2) is 5.37. The Kier molecular flexibility index (Phi) is 4.41. The number of amides is 1. The van der Waals surface area contributed by atoms with Crippen LogP contribution in [0.3, 0.4) is 0 Å². The molecule has 0 aromatic rings. The first-order valence-electron chi connectivity index (χ1n) is 4.85. The highest BCUT2D eigenvalue weighted by molar-refractivity contribution is 8.00. The summed E-state index contributed by atoms with van der Waals surface area (Å²) < 4.78 is 0. The second-order valence-electron chi connectivity index (χ2n) is 3.57. The van der Waals surface area contributed by atoms with Gasteiger partial charge in [0.05, 0.1) is 11.4 Å². The first kappa shape index (κ1) is 12.3. The quantitative estimate of drug-likeness (QED) is 0.627. The molecule has 1 saturated heterocycles. The Morgan fingerprint density at radius 1 is 1.53 bits per heavy atom. The van der Waals surface area contributed by atoms with E-state index in [4.69, 9.17) is 5.11 Å². The summed E-state index contributed by atoms with van der Waals surface area (Å²) in [6, 6.07) is -1.21. The van der Waals surface area contributed by atoms with E-state index in [1.807, 2.05) is 0 Å². The third-order valence-electron chi connectivity index (χ3n) is 2.27. The summed E-state index contributed by atoms with van der Waals surface area (Å²) in [5.74, 6) is -0.558. The lowest BCUT2D eigenvalue weighted by molar-refractivity contribution is -0.144. The molecule has 0 aromatic heterocycles. The van der Waals surface area contributed by atoms with E-state index in [1.54, 1.807) is 0 Å². The van der Waals surface area contributed by atoms with E-state index in [2.05, 4.69) is 5.32 Å². The lowest BCUT2D eigenvalue weighted by Gasteiger charge is -2.18. The van der Waals surface area contributed by atoms with Crippen LogP contribution in [0.4, 0.5) is 0 Å². The van der Waals surface area contributed by atoms with Crippen LogP contribution in [0.2, 0.25) is 0 Å². The number of carbonyl (C=O) groups is 2. The number of carbonyl (C=O) groups excluding carboxylic acids is 1. The number of hydrogen-bond donors (Lipinski definition) is 3. The van der Waals surface area contributed by atoms with Crippen molar-refractivity contribution >= 4 is 23.6 Å². The van der Waals surface area contributed by atoms with Crippen molar-refractivity contribution in [2.75, 3.05) is 5.75 Å². The van der Waals surface area contributed by atoms with Crippen molar-refractivity contribution in [1.82, 2.24) is 5.32 Å². The minimum Gasteiger partial charge on any atom is -0.480 e. The molecule has 1 fully saturated rings. The smallest absolute Gasteiger partial charge is 0.328 e. The highest BCUT2D eigenvalue weighted by atomic mass is 32.2. The van der Waals surface area contributed by atoms with E-state index in [0.29, 0.717) is 0 Å². The summed E-state index contributed by atoms with van der Waals surface area (Å²) in [7, 11) is 0. The number of thioether (sulfide) groups is 1. The lowest BCUT2D eigenvalue weighted by atomic mass is 10.1. The van der Waals surface area contributed by atoms with Crippen molar-refractivity contribution in [3.8, 4) is 0 Å². The van der Waals surface area contributed by atoms with Gasteiger partial charge in [-0.1, -0.05) is 0 Å². The summed E-state index contributed by atoms with van der Waals surface area (Å²) in [5, 5.41) is 20.1. The predicted octanol–water partition coefficient (Wildman–Crippen LogP) is -0.168. The highest BCUT2D eigenvalue weighted by Crippen LogP contribution is 2.26. The predicted molar refractivity (Wildman–Crippen MR) is 56.7 cm³/mol. The molecule has 1 rings (SSSR count). The highest BCUT2D eigenvalue weighted by Gasteiger charge is 2.30. The normalized spacial score (nSPS) is 24.5. The van der Waals surface area contributed by atoms with Crippen LogP contribution in [-0.4, -0.2) is 45.2 Å². The number of rotatable bonds is 4. The zero-order chi connectivity index (χ0) is 11.4. The van der Waals surface area contributed by atoms with E-state index in [-0.39, 0.29) is 11.2 Å². The minimum atomic E-state index is -1.21. The maximum atomic E-state index is 11.6. The molecule has 0 saturated carbocycles. The molecule has 0 bridgehead atoms. The largest absolute Gasteiger partial charge is 0.480 e. The van der Waals surface area contributed by atoms with Gasteiger partial charge in [0.25, 0.3) is 0 Å². The fourth-order valence-electron chi connectivity index (χ4n) is 1.42. The van der Waals surface area contributed by atoms with Gasteiger partial charge in [0.1, 0.15) is 0 Å². The Morgan fingerprint density at radius 3 is 2.60 bits per heavy atom. The molecule has 1 amide bonds. The van der Waals surface area contributed by atoms with E-state index in [1.165, 1.54) is 18.7 Å². The Hall–Kier alpha value is -0.750. The van der Waals surface area contributed by atoms with Gasteiger partial charge in [-0.15, -0.1) is 11.8 Å². The minimum absolute atomic E-state index is 0.161. The molecule has 5 nitrogen and oxygen atoms in total. The zero-order valence-corrected chi connectivity index (χ0v) is 9.29. The van der Waals surface area contributed by atoms with Gasteiger partial charge in [-0.3, -0.25) is 4.79 Å². The van der Waals surface area contributed by atoms with Crippen LogP contribution in [0, 0.1) is 0 Å². The number of aliphatic hydroxyl groups is 1. The van der Waals surface area contributed by atoms with Gasteiger partial charge < -0.3 is 15.5 Å². The van der Waals surface area contributed by atoms with Gasteiger partial charge in [-0.25, -0.2) is 4.79 Å². The van der Waals surface area contributed by atoms with Crippen molar-refractivity contribution in [2.24, 2.45) is 0 Å². The Balaban J connectivity index is 2.50. The molecule has 3 N–H and O–H groups in total. The van der Waals surface area contributed by atoms with E-state index in [0.717, 1.165) is 18.6 Å². The van der Waals surface area contributed by atoms with E-state index in [9.17, 15) is 14.7 Å². The lowest BCUT2D eigenvalue weighted by Crippen LogP contribution is -2.49.